The summed E-state index contributed by atoms with van der Waals surface area (Å²) in [7, 11) is 0. The Morgan fingerprint density at radius 1 is 0.952 bits per heavy atom. The summed E-state index contributed by atoms with van der Waals surface area (Å²) in [6, 6.07) is 12.5. The first-order valence-electron chi connectivity index (χ1n) is 7.14. The molecule has 2 N–H and O–H groups in total. The molecular weight excluding hydrogens is 260 g/mol. The van der Waals surface area contributed by atoms with Gasteiger partial charge in [-0.05, 0) is 55.2 Å². The molecule has 2 rings (SSSR count). The molecule has 21 heavy (non-hydrogen) atoms. The van der Waals surface area contributed by atoms with Gasteiger partial charge in [0.2, 0.25) is 5.91 Å². The lowest BCUT2D eigenvalue weighted by Gasteiger charge is -2.12. The van der Waals surface area contributed by atoms with E-state index in [2.05, 4.69) is 42.7 Å². The number of nitrogens with one attached hydrogen (secondary N) is 2. The van der Waals surface area contributed by atoms with Crippen LogP contribution in [-0.4, -0.2) is 5.91 Å². The van der Waals surface area contributed by atoms with Crippen molar-refractivity contribution in [3.8, 4) is 0 Å². The first-order chi connectivity index (χ1) is 9.95. The van der Waals surface area contributed by atoms with Crippen LogP contribution in [0.25, 0.3) is 0 Å². The molecule has 0 atom stereocenters. The van der Waals surface area contributed by atoms with Gasteiger partial charge in [-0.2, -0.15) is 0 Å². The van der Waals surface area contributed by atoms with Gasteiger partial charge in [0.1, 0.15) is 0 Å². The highest BCUT2D eigenvalue weighted by Gasteiger charge is 2.03. The molecule has 0 radical (unpaired) electrons. The van der Waals surface area contributed by atoms with E-state index in [0.29, 0.717) is 0 Å². The van der Waals surface area contributed by atoms with E-state index in [-0.39, 0.29) is 5.91 Å². The van der Waals surface area contributed by atoms with E-state index in [4.69, 9.17) is 0 Å². The van der Waals surface area contributed by atoms with Gasteiger partial charge in [-0.15, -0.1) is 0 Å². The molecule has 0 fully saturated rings. The molecule has 3 heteroatoms. The summed E-state index contributed by atoms with van der Waals surface area (Å²) in [5.41, 5.74) is 6.77. The molecule has 2 aromatic carbocycles. The van der Waals surface area contributed by atoms with E-state index in [9.17, 15) is 4.79 Å². The lowest BCUT2D eigenvalue weighted by atomic mass is 10.1. The fourth-order valence-electron chi connectivity index (χ4n) is 2.17. The van der Waals surface area contributed by atoms with Crippen LogP contribution in [0.5, 0.6) is 0 Å². The molecule has 2 aromatic rings. The van der Waals surface area contributed by atoms with Crippen molar-refractivity contribution in [3.05, 3.63) is 58.7 Å². The highest BCUT2D eigenvalue weighted by atomic mass is 16.1. The highest BCUT2D eigenvalue weighted by molar-refractivity contribution is 5.90. The van der Waals surface area contributed by atoms with Crippen molar-refractivity contribution in [3.63, 3.8) is 0 Å². The van der Waals surface area contributed by atoms with Gasteiger partial charge in [-0.25, -0.2) is 0 Å². The van der Waals surface area contributed by atoms with Gasteiger partial charge in [0, 0.05) is 24.8 Å². The lowest BCUT2D eigenvalue weighted by Crippen LogP contribution is -2.08. The molecular formula is C18H22N2O. The van der Waals surface area contributed by atoms with Gasteiger partial charge in [-0.3, -0.25) is 4.79 Å². The van der Waals surface area contributed by atoms with Crippen molar-refractivity contribution in [1.82, 2.24) is 0 Å². The monoisotopic (exact) mass is 282 g/mol. The normalized spacial score (nSPS) is 10.3. The smallest absolute Gasteiger partial charge is 0.221 e. The summed E-state index contributed by atoms with van der Waals surface area (Å²) in [6.07, 6.45) is 0. The Morgan fingerprint density at radius 2 is 1.67 bits per heavy atom. The van der Waals surface area contributed by atoms with Crippen molar-refractivity contribution in [1.29, 1.82) is 0 Å². The zero-order valence-electron chi connectivity index (χ0n) is 13.1. The van der Waals surface area contributed by atoms with E-state index in [1.54, 1.807) is 0 Å². The fourth-order valence-corrected chi connectivity index (χ4v) is 2.17. The molecule has 0 unspecified atom stereocenters. The van der Waals surface area contributed by atoms with Crippen LogP contribution in [0, 0.1) is 20.8 Å². The summed E-state index contributed by atoms with van der Waals surface area (Å²) in [6.45, 7) is 8.52. The van der Waals surface area contributed by atoms with Crippen LogP contribution in [0.1, 0.15) is 29.2 Å². The van der Waals surface area contributed by atoms with Gasteiger partial charge in [0.25, 0.3) is 0 Å². The Hall–Kier alpha value is -2.29. The van der Waals surface area contributed by atoms with Gasteiger partial charge in [-0.1, -0.05) is 24.3 Å². The highest BCUT2D eigenvalue weighted by Crippen LogP contribution is 2.21. The first-order valence-corrected chi connectivity index (χ1v) is 7.14. The summed E-state index contributed by atoms with van der Waals surface area (Å²) in [5.74, 6) is -0.0515. The third kappa shape index (κ3) is 4.09. The number of amides is 1. The van der Waals surface area contributed by atoms with Crippen molar-refractivity contribution in [2.24, 2.45) is 0 Å². The standard InChI is InChI=1S/C18H22N2O/c1-12-5-7-16(9-14(12)3)11-19-17-8-6-13(2)18(10-17)20-15(4)21/h5-10,19H,11H2,1-4H3,(H,20,21). The summed E-state index contributed by atoms with van der Waals surface area (Å²) in [4.78, 5) is 11.2. The molecule has 0 aromatic heterocycles. The molecule has 110 valence electrons. The molecule has 0 bridgehead atoms. The molecule has 0 aliphatic heterocycles. The molecule has 0 saturated carbocycles. The number of anilines is 2. The van der Waals surface area contributed by atoms with Crippen molar-refractivity contribution in [2.75, 3.05) is 10.6 Å². The molecule has 0 aliphatic rings. The minimum absolute atomic E-state index is 0.0515. The second-order valence-corrected chi connectivity index (χ2v) is 5.48. The average Bonchev–Trinajstić information content (AvgIpc) is 2.43. The summed E-state index contributed by atoms with van der Waals surface area (Å²) in [5, 5.41) is 6.25. The van der Waals surface area contributed by atoms with E-state index >= 15 is 0 Å². The number of carbonyl (C=O) groups is 1. The minimum Gasteiger partial charge on any atom is -0.381 e. The molecule has 1 amide bonds. The maximum atomic E-state index is 11.2. The third-order valence-electron chi connectivity index (χ3n) is 3.62. The minimum atomic E-state index is -0.0515. The number of rotatable bonds is 4. The van der Waals surface area contributed by atoms with Crippen LogP contribution in [-0.2, 0) is 11.3 Å². The Kier molecular flexibility index (Phi) is 4.63. The van der Waals surface area contributed by atoms with Crippen molar-refractivity contribution < 1.29 is 4.79 Å². The Morgan fingerprint density at radius 3 is 2.33 bits per heavy atom. The van der Waals surface area contributed by atoms with Gasteiger partial charge in [0.05, 0.1) is 0 Å². The first kappa shape index (κ1) is 15.1. The molecule has 3 nitrogen and oxygen atoms in total. The molecule has 0 aliphatic carbocycles. The van der Waals surface area contributed by atoms with Crippen molar-refractivity contribution >= 4 is 17.3 Å². The topological polar surface area (TPSA) is 41.1 Å². The largest absolute Gasteiger partial charge is 0.381 e. The SMILES string of the molecule is CC(=O)Nc1cc(NCc2ccc(C)c(C)c2)ccc1C. The number of carbonyl (C=O) groups excluding carboxylic acids is 1. The molecule has 0 heterocycles. The fraction of sp³-hybridized carbons (Fsp3) is 0.278. The van der Waals surface area contributed by atoms with E-state index in [0.717, 1.165) is 23.5 Å². The zero-order chi connectivity index (χ0) is 15.4. The summed E-state index contributed by atoms with van der Waals surface area (Å²) < 4.78 is 0. The Labute approximate surface area is 126 Å². The van der Waals surface area contributed by atoms with Gasteiger partial charge < -0.3 is 10.6 Å². The summed E-state index contributed by atoms with van der Waals surface area (Å²) >= 11 is 0. The number of hydrogen-bond acceptors (Lipinski definition) is 2. The van der Waals surface area contributed by atoms with Crippen LogP contribution in [0.15, 0.2) is 36.4 Å². The second kappa shape index (κ2) is 6.44. The van der Waals surface area contributed by atoms with Crippen LogP contribution in [0.2, 0.25) is 0 Å². The number of aryl methyl sites for hydroxylation is 3. The quantitative estimate of drug-likeness (QED) is 0.883. The predicted octanol–water partition coefficient (Wildman–Crippen LogP) is 4.18. The number of benzene rings is 2. The maximum absolute atomic E-state index is 11.2. The Bertz CT molecular complexity index is 662. The molecule has 0 saturated heterocycles. The van der Waals surface area contributed by atoms with Crippen LogP contribution in [0.4, 0.5) is 11.4 Å². The third-order valence-corrected chi connectivity index (χ3v) is 3.62. The van der Waals surface area contributed by atoms with E-state index < -0.39 is 0 Å². The number of hydrogen-bond donors (Lipinski definition) is 2. The maximum Gasteiger partial charge on any atom is 0.221 e. The van der Waals surface area contributed by atoms with E-state index in [1.807, 2.05) is 25.1 Å². The van der Waals surface area contributed by atoms with Crippen LogP contribution >= 0.6 is 0 Å². The molecule has 0 spiro atoms. The average molecular weight is 282 g/mol. The Balaban J connectivity index is 2.09. The van der Waals surface area contributed by atoms with Crippen LogP contribution < -0.4 is 10.6 Å². The lowest BCUT2D eigenvalue weighted by molar-refractivity contribution is -0.114. The van der Waals surface area contributed by atoms with E-state index in [1.165, 1.54) is 23.6 Å². The van der Waals surface area contributed by atoms with Gasteiger partial charge >= 0.3 is 0 Å². The second-order valence-electron chi connectivity index (χ2n) is 5.48. The predicted molar refractivity (Wildman–Crippen MR) is 88.7 cm³/mol. The van der Waals surface area contributed by atoms with Crippen LogP contribution in [0.3, 0.4) is 0 Å². The van der Waals surface area contributed by atoms with Crippen molar-refractivity contribution in [2.45, 2.75) is 34.2 Å². The van der Waals surface area contributed by atoms with Gasteiger partial charge in [0.15, 0.2) is 0 Å². The zero-order valence-corrected chi connectivity index (χ0v) is 13.1.